The van der Waals surface area contributed by atoms with Crippen LogP contribution < -0.4 is 5.32 Å². The van der Waals surface area contributed by atoms with Gasteiger partial charge < -0.3 is 5.32 Å². The lowest BCUT2D eigenvalue weighted by Crippen LogP contribution is -2.18. The van der Waals surface area contributed by atoms with Gasteiger partial charge in [-0.05, 0) is 37.0 Å². The Bertz CT molecular complexity index is 493. The predicted molar refractivity (Wildman–Crippen MR) is 89.5 cm³/mol. The molecule has 0 bridgehead atoms. The second-order valence-corrected chi connectivity index (χ2v) is 6.25. The van der Waals surface area contributed by atoms with Crippen LogP contribution in [0.3, 0.4) is 0 Å². The minimum absolute atomic E-state index is 0.0673. The smallest absolute Gasteiger partial charge is 0.279 e. The molecule has 1 rings (SSSR count). The number of amides is 1. The number of benzene rings is 1. The molecule has 0 aliphatic heterocycles. The lowest BCUT2D eigenvalue weighted by molar-refractivity contribution is 0.260. The summed E-state index contributed by atoms with van der Waals surface area (Å²) in [7, 11) is 0. The fourth-order valence-corrected chi connectivity index (χ4v) is 2.75. The third-order valence-electron chi connectivity index (χ3n) is 3.01. The van der Waals surface area contributed by atoms with Gasteiger partial charge in [-0.25, -0.2) is 0 Å². The maximum Gasteiger partial charge on any atom is 0.279 e. The van der Waals surface area contributed by atoms with Gasteiger partial charge in [-0.1, -0.05) is 54.4 Å². The van der Waals surface area contributed by atoms with Gasteiger partial charge in [-0.2, -0.15) is 8.78 Å². The van der Waals surface area contributed by atoms with Crippen LogP contribution in [0.4, 0.5) is 13.6 Å². The summed E-state index contributed by atoms with van der Waals surface area (Å²) in [5.41, 5.74) is 0.895. The van der Waals surface area contributed by atoms with Crippen LogP contribution in [0.1, 0.15) is 37.7 Å². The highest BCUT2D eigenvalue weighted by Gasteiger charge is 2.04. The number of carbonyl (C=O) groups excluding carboxylic acids is 1. The Morgan fingerprint density at radius 3 is 2.64 bits per heavy atom. The molecule has 0 fully saturated rings. The lowest BCUT2D eigenvalue weighted by Gasteiger charge is -2.06. The highest BCUT2D eigenvalue weighted by Crippen LogP contribution is 2.15. The van der Waals surface area contributed by atoms with Crippen molar-refractivity contribution in [3.05, 3.63) is 47.0 Å². The van der Waals surface area contributed by atoms with Crippen molar-refractivity contribution in [3.8, 4) is 0 Å². The van der Waals surface area contributed by atoms with E-state index in [4.69, 9.17) is 11.6 Å². The Balaban J connectivity index is 2.02. The molecule has 0 heterocycles. The number of thioether (sulfide) groups is 1. The first-order valence-electron chi connectivity index (χ1n) is 7.25. The van der Waals surface area contributed by atoms with Crippen LogP contribution in [0.15, 0.2) is 36.4 Å². The average molecular weight is 348 g/mol. The van der Waals surface area contributed by atoms with E-state index in [9.17, 15) is 13.6 Å². The molecule has 1 amide bonds. The van der Waals surface area contributed by atoms with Crippen molar-refractivity contribution in [2.24, 2.45) is 0 Å². The summed E-state index contributed by atoms with van der Waals surface area (Å²) < 4.78 is 23.6. The number of rotatable bonds is 9. The molecule has 1 N–H and O–H groups in total. The second-order valence-electron chi connectivity index (χ2n) is 4.78. The molecule has 0 spiro atoms. The maximum atomic E-state index is 11.8. The number of allylic oxidation sites excluding steroid dienone is 1. The van der Waals surface area contributed by atoms with Crippen LogP contribution in [0.25, 0.3) is 0 Å². The molecule has 0 unspecified atom stereocenters. The molecule has 0 radical (unpaired) electrons. The van der Waals surface area contributed by atoms with E-state index in [2.05, 4.69) is 5.32 Å². The van der Waals surface area contributed by atoms with Crippen LogP contribution in [0.2, 0.25) is 5.02 Å². The van der Waals surface area contributed by atoms with Gasteiger partial charge in [0.1, 0.15) is 0 Å². The van der Waals surface area contributed by atoms with Crippen molar-refractivity contribution in [1.29, 1.82) is 0 Å². The second kappa shape index (κ2) is 11.5. The minimum Gasteiger partial charge on any atom is -0.343 e. The fourth-order valence-electron chi connectivity index (χ4n) is 1.84. The zero-order valence-corrected chi connectivity index (χ0v) is 13.9. The van der Waals surface area contributed by atoms with Crippen LogP contribution >= 0.6 is 23.4 Å². The van der Waals surface area contributed by atoms with Gasteiger partial charge in [-0.3, -0.25) is 4.79 Å². The van der Waals surface area contributed by atoms with Crippen molar-refractivity contribution in [1.82, 2.24) is 5.32 Å². The number of carbonyl (C=O) groups is 1. The first kappa shape index (κ1) is 19.0. The Morgan fingerprint density at radius 2 is 1.91 bits per heavy atom. The lowest BCUT2D eigenvalue weighted by atomic mass is 10.1. The molecule has 122 valence electrons. The molecule has 2 nitrogen and oxygen atoms in total. The van der Waals surface area contributed by atoms with Gasteiger partial charge in [-0.15, -0.1) is 0 Å². The molecule has 1 aromatic carbocycles. The highest BCUT2D eigenvalue weighted by atomic mass is 35.5. The molecule has 0 aliphatic carbocycles. The number of unbranched alkanes of at least 4 members (excludes halogenated alkanes) is 4. The van der Waals surface area contributed by atoms with E-state index >= 15 is 0 Å². The van der Waals surface area contributed by atoms with Crippen LogP contribution in [0.5, 0.6) is 0 Å². The highest BCUT2D eigenvalue weighted by molar-refractivity contribution is 8.13. The first-order valence-corrected chi connectivity index (χ1v) is 8.61. The third kappa shape index (κ3) is 9.05. The SMILES string of the molecule is O=C(NCc1ccccc1Cl)SCCCCCCC=C(F)F. The summed E-state index contributed by atoms with van der Waals surface area (Å²) in [5.74, 6) is 0.738. The number of nitrogens with one attached hydrogen (secondary N) is 1. The van der Waals surface area contributed by atoms with Crippen molar-refractivity contribution < 1.29 is 13.6 Å². The molecule has 0 saturated carbocycles. The normalized spacial score (nSPS) is 10.3. The first-order chi connectivity index (χ1) is 10.6. The molecule has 22 heavy (non-hydrogen) atoms. The molecule has 0 aromatic heterocycles. The van der Waals surface area contributed by atoms with E-state index in [0.29, 0.717) is 18.0 Å². The Hall–Kier alpha value is -1.07. The summed E-state index contributed by atoms with van der Waals surface area (Å²) >= 11 is 7.25. The summed E-state index contributed by atoms with van der Waals surface area (Å²) in [5, 5.41) is 3.39. The Kier molecular flexibility index (Phi) is 9.91. The fraction of sp³-hybridized carbons (Fsp3) is 0.438. The number of hydrogen-bond donors (Lipinski definition) is 1. The Morgan fingerprint density at radius 1 is 1.18 bits per heavy atom. The zero-order chi connectivity index (χ0) is 16.2. The molecule has 0 saturated heterocycles. The molecular weight excluding hydrogens is 328 g/mol. The summed E-state index contributed by atoms with van der Waals surface area (Å²) in [4.78, 5) is 11.7. The van der Waals surface area contributed by atoms with E-state index in [1.54, 1.807) is 6.07 Å². The van der Waals surface area contributed by atoms with Crippen molar-refractivity contribution in [3.63, 3.8) is 0 Å². The standard InChI is InChI=1S/C16H20ClF2NOS/c17-14-9-6-5-8-13(14)12-20-16(21)22-11-7-3-1-2-4-10-15(18)19/h5-6,8-10H,1-4,7,11-12H2,(H,20,21). The van der Waals surface area contributed by atoms with Crippen molar-refractivity contribution in [2.75, 3.05) is 5.75 Å². The van der Waals surface area contributed by atoms with E-state index < -0.39 is 6.08 Å². The van der Waals surface area contributed by atoms with Gasteiger partial charge in [0.2, 0.25) is 0 Å². The summed E-state index contributed by atoms with van der Waals surface area (Å²) in [6, 6.07) is 7.40. The van der Waals surface area contributed by atoms with Crippen molar-refractivity contribution in [2.45, 2.75) is 38.6 Å². The molecule has 6 heteroatoms. The van der Waals surface area contributed by atoms with E-state index in [1.807, 2.05) is 18.2 Å². The van der Waals surface area contributed by atoms with Gasteiger partial charge in [0.25, 0.3) is 11.3 Å². The predicted octanol–water partition coefficient (Wildman–Crippen LogP) is 6.01. The summed E-state index contributed by atoms with van der Waals surface area (Å²) in [6.45, 7) is 0.423. The van der Waals surface area contributed by atoms with Crippen LogP contribution in [0, 0.1) is 0 Å². The molecule has 0 aliphatic rings. The van der Waals surface area contributed by atoms with Gasteiger partial charge in [0, 0.05) is 17.3 Å². The zero-order valence-electron chi connectivity index (χ0n) is 12.3. The number of halogens is 3. The summed E-state index contributed by atoms with van der Waals surface area (Å²) in [6.07, 6.45) is 3.31. The van der Waals surface area contributed by atoms with E-state index in [0.717, 1.165) is 43.1 Å². The van der Waals surface area contributed by atoms with Crippen molar-refractivity contribution >= 4 is 28.6 Å². The van der Waals surface area contributed by atoms with Gasteiger partial charge in [0.05, 0.1) is 0 Å². The third-order valence-corrected chi connectivity index (χ3v) is 4.28. The average Bonchev–Trinajstić information content (AvgIpc) is 2.49. The quantitative estimate of drug-likeness (QED) is 0.554. The van der Waals surface area contributed by atoms with E-state index in [1.165, 1.54) is 11.8 Å². The van der Waals surface area contributed by atoms with Crippen LogP contribution in [-0.4, -0.2) is 11.0 Å². The molecule has 0 atom stereocenters. The number of hydrogen-bond acceptors (Lipinski definition) is 2. The van der Waals surface area contributed by atoms with Gasteiger partial charge in [0.15, 0.2) is 0 Å². The monoisotopic (exact) mass is 347 g/mol. The van der Waals surface area contributed by atoms with Gasteiger partial charge >= 0.3 is 0 Å². The molecule has 1 aromatic rings. The van der Waals surface area contributed by atoms with Crippen LogP contribution in [-0.2, 0) is 6.54 Å². The largest absolute Gasteiger partial charge is 0.343 e. The van der Waals surface area contributed by atoms with E-state index in [-0.39, 0.29) is 5.24 Å². The molecular formula is C16H20ClF2NOS. The Labute approximate surface area is 139 Å². The maximum absolute atomic E-state index is 11.8. The topological polar surface area (TPSA) is 29.1 Å². The minimum atomic E-state index is -1.61.